The van der Waals surface area contributed by atoms with Crippen LogP contribution in [0.25, 0.3) is 0 Å². The van der Waals surface area contributed by atoms with Gasteiger partial charge in [-0.15, -0.1) is 23.7 Å². The number of nitrogens with zero attached hydrogens (tertiary/aromatic N) is 1. The van der Waals surface area contributed by atoms with Gasteiger partial charge in [0.05, 0.1) is 0 Å². The van der Waals surface area contributed by atoms with Gasteiger partial charge in [-0.2, -0.15) is 4.31 Å². The standard InChI is InChI=1S/C17H29N3O3S2.ClH/c1-17(2,3)16(21)19-12-9-14-5-6-15(24-14)25(22,23)20(4)13-7-10-18-11-8-13;/h5-6,13,18H,7-12H2,1-4H3,(H,19,21);1H. The summed E-state index contributed by atoms with van der Waals surface area (Å²) in [5.74, 6) is 0.00235. The fraction of sp³-hybridized carbons (Fsp3) is 0.706. The molecule has 1 aliphatic rings. The number of carbonyl (C=O) groups excluding carboxylic acids is 1. The van der Waals surface area contributed by atoms with Crippen molar-refractivity contribution in [2.45, 2.75) is 50.3 Å². The van der Waals surface area contributed by atoms with Gasteiger partial charge in [-0.25, -0.2) is 8.42 Å². The Morgan fingerprint density at radius 3 is 2.50 bits per heavy atom. The predicted molar refractivity (Wildman–Crippen MR) is 109 cm³/mol. The van der Waals surface area contributed by atoms with E-state index in [1.165, 1.54) is 15.6 Å². The average molecular weight is 424 g/mol. The van der Waals surface area contributed by atoms with E-state index in [2.05, 4.69) is 10.6 Å². The zero-order valence-electron chi connectivity index (χ0n) is 15.9. The Bertz CT molecular complexity index is 692. The molecule has 9 heteroatoms. The molecular weight excluding hydrogens is 394 g/mol. The quantitative estimate of drug-likeness (QED) is 0.735. The van der Waals surface area contributed by atoms with Crippen LogP contribution < -0.4 is 10.6 Å². The SMILES string of the molecule is CN(C1CCNCC1)S(=O)(=O)c1ccc(CCNC(=O)C(C)(C)C)s1.Cl. The summed E-state index contributed by atoms with van der Waals surface area (Å²) in [7, 11) is -1.77. The third-order valence-corrected chi connectivity index (χ3v) is 7.95. The van der Waals surface area contributed by atoms with Gasteiger partial charge in [0.25, 0.3) is 10.0 Å². The fourth-order valence-electron chi connectivity index (χ4n) is 2.70. The Labute approximate surface area is 167 Å². The molecule has 1 aromatic rings. The van der Waals surface area contributed by atoms with Crippen LogP contribution in [0.5, 0.6) is 0 Å². The minimum atomic E-state index is -3.45. The number of thiophene rings is 1. The summed E-state index contributed by atoms with van der Waals surface area (Å²) in [5, 5.41) is 6.15. The lowest BCUT2D eigenvalue weighted by Gasteiger charge is -2.30. The first-order valence-corrected chi connectivity index (χ1v) is 10.9. The number of nitrogens with one attached hydrogen (secondary N) is 2. The lowest BCUT2D eigenvalue weighted by atomic mass is 9.96. The second-order valence-corrected chi connectivity index (χ2v) is 10.9. The molecule has 26 heavy (non-hydrogen) atoms. The van der Waals surface area contributed by atoms with Crippen LogP contribution in [0.15, 0.2) is 16.3 Å². The molecule has 1 aliphatic heterocycles. The van der Waals surface area contributed by atoms with Crippen LogP contribution >= 0.6 is 23.7 Å². The summed E-state index contributed by atoms with van der Waals surface area (Å²) in [6.07, 6.45) is 2.32. The highest BCUT2D eigenvalue weighted by Crippen LogP contribution is 2.27. The van der Waals surface area contributed by atoms with Crippen molar-refractivity contribution in [3.05, 3.63) is 17.0 Å². The lowest BCUT2D eigenvalue weighted by molar-refractivity contribution is -0.128. The predicted octanol–water partition coefficient (Wildman–Crippen LogP) is 2.25. The van der Waals surface area contributed by atoms with Crippen LogP contribution in [0.1, 0.15) is 38.5 Å². The molecule has 6 nitrogen and oxygen atoms in total. The number of carbonyl (C=O) groups is 1. The highest BCUT2D eigenvalue weighted by Gasteiger charge is 2.30. The number of sulfonamides is 1. The topological polar surface area (TPSA) is 78.5 Å². The normalized spacial score (nSPS) is 16.3. The molecule has 1 aromatic heterocycles. The number of halogens is 1. The molecule has 0 saturated carbocycles. The molecule has 150 valence electrons. The van der Waals surface area contributed by atoms with Crippen LogP contribution in [0.4, 0.5) is 0 Å². The molecule has 2 rings (SSSR count). The molecule has 0 radical (unpaired) electrons. The summed E-state index contributed by atoms with van der Waals surface area (Å²) in [4.78, 5) is 12.8. The highest BCUT2D eigenvalue weighted by molar-refractivity contribution is 7.91. The summed E-state index contributed by atoms with van der Waals surface area (Å²) in [5.41, 5.74) is -0.415. The minimum Gasteiger partial charge on any atom is -0.355 e. The Kier molecular flexibility index (Phi) is 8.54. The van der Waals surface area contributed by atoms with Gasteiger partial charge in [-0.1, -0.05) is 20.8 Å². The maximum atomic E-state index is 12.8. The smallest absolute Gasteiger partial charge is 0.252 e. The zero-order chi connectivity index (χ0) is 18.7. The first-order valence-electron chi connectivity index (χ1n) is 8.68. The van der Waals surface area contributed by atoms with Gasteiger partial charge >= 0.3 is 0 Å². The van der Waals surface area contributed by atoms with Crippen molar-refractivity contribution >= 4 is 39.7 Å². The number of rotatable bonds is 6. The van der Waals surface area contributed by atoms with Crippen LogP contribution in [-0.4, -0.2) is 51.4 Å². The van der Waals surface area contributed by atoms with Gasteiger partial charge in [0.2, 0.25) is 5.91 Å². The Morgan fingerprint density at radius 2 is 1.92 bits per heavy atom. The molecule has 1 saturated heterocycles. The Morgan fingerprint density at radius 1 is 1.31 bits per heavy atom. The molecule has 0 atom stereocenters. The van der Waals surface area contributed by atoms with Crippen LogP contribution in [0.3, 0.4) is 0 Å². The third-order valence-electron chi connectivity index (χ3n) is 4.43. The van der Waals surface area contributed by atoms with Gasteiger partial charge in [0, 0.05) is 29.9 Å². The molecular formula is C17H30ClN3O3S2. The van der Waals surface area contributed by atoms with Crippen molar-refractivity contribution in [1.82, 2.24) is 14.9 Å². The highest BCUT2D eigenvalue weighted by atomic mass is 35.5. The van der Waals surface area contributed by atoms with E-state index in [4.69, 9.17) is 0 Å². The van der Waals surface area contributed by atoms with Crippen molar-refractivity contribution in [3.8, 4) is 0 Å². The van der Waals surface area contributed by atoms with Crippen LogP contribution in [0.2, 0.25) is 0 Å². The van der Waals surface area contributed by atoms with E-state index in [1.807, 2.05) is 26.8 Å². The van der Waals surface area contributed by atoms with E-state index in [9.17, 15) is 13.2 Å². The van der Waals surface area contributed by atoms with Crippen LogP contribution in [0, 0.1) is 5.41 Å². The number of hydrogen-bond acceptors (Lipinski definition) is 5. The van der Waals surface area contributed by atoms with Crippen molar-refractivity contribution < 1.29 is 13.2 Å². The molecule has 2 N–H and O–H groups in total. The molecule has 0 aromatic carbocycles. The fourth-order valence-corrected chi connectivity index (χ4v) is 5.66. The molecule has 2 heterocycles. The monoisotopic (exact) mass is 423 g/mol. The van der Waals surface area contributed by atoms with E-state index in [0.717, 1.165) is 30.8 Å². The van der Waals surface area contributed by atoms with Crippen molar-refractivity contribution in [2.24, 2.45) is 5.41 Å². The van der Waals surface area contributed by atoms with Crippen molar-refractivity contribution in [2.75, 3.05) is 26.7 Å². The summed E-state index contributed by atoms with van der Waals surface area (Å²) < 4.78 is 27.5. The van der Waals surface area contributed by atoms with E-state index in [1.54, 1.807) is 13.1 Å². The van der Waals surface area contributed by atoms with E-state index in [-0.39, 0.29) is 24.4 Å². The lowest BCUT2D eigenvalue weighted by Crippen LogP contribution is -2.43. The maximum Gasteiger partial charge on any atom is 0.252 e. The molecule has 1 amide bonds. The second kappa shape index (κ2) is 9.50. The largest absolute Gasteiger partial charge is 0.355 e. The van der Waals surface area contributed by atoms with Gasteiger partial charge in [-0.05, 0) is 44.5 Å². The molecule has 0 aliphatic carbocycles. The second-order valence-electron chi connectivity index (χ2n) is 7.48. The molecule has 1 fully saturated rings. The van der Waals surface area contributed by atoms with Crippen LogP contribution in [-0.2, 0) is 21.2 Å². The Hall–Kier alpha value is -0.670. The minimum absolute atomic E-state index is 0. The summed E-state index contributed by atoms with van der Waals surface area (Å²) in [6.45, 7) is 7.83. The van der Waals surface area contributed by atoms with Crippen molar-refractivity contribution in [1.29, 1.82) is 0 Å². The number of piperidine rings is 1. The summed E-state index contributed by atoms with van der Waals surface area (Å²) in [6, 6.07) is 3.58. The first-order chi connectivity index (χ1) is 11.6. The van der Waals surface area contributed by atoms with Gasteiger partial charge < -0.3 is 10.6 Å². The van der Waals surface area contributed by atoms with Crippen molar-refractivity contribution in [3.63, 3.8) is 0 Å². The first kappa shape index (κ1) is 23.4. The molecule has 0 bridgehead atoms. The zero-order valence-corrected chi connectivity index (χ0v) is 18.3. The van der Waals surface area contributed by atoms with Gasteiger partial charge in [-0.3, -0.25) is 4.79 Å². The van der Waals surface area contributed by atoms with Gasteiger partial charge in [0.15, 0.2) is 0 Å². The average Bonchev–Trinajstić information content (AvgIpc) is 3.03. The van der Waals surface area contributed by atoms with Gasteiger partial charge in [0.1, 0.15) is 4.21 Å². The molecule has 0 unspecified atom stereocenters. The van der Waals surface area contributed by atoms with E-state index >= 15 is 0 Å². The Balaban J connectivity index is 0.00000338. The summed E-state index contributed by atoms with van der Waals surface area (Å²) >= 11 is 1.29. The number of amides is 1. The van der Waals surface area contributed by atoms with E-state index in [0.29, 0.717) is 17.2 Å². The number of hydrogen-bond donors (Lipinski definition) is 2. The van der Waals surface area contributed by atoms with E-state index < -0.39 is 15.4 Å². The third kappa shape index (κ3) is 5.92. The maximum absolute atomic E-state index is 12.8. The molecule has 0 spiro atoms.